The highest BCUT2D eigenvalue weighted by molar-refractivity contribution is 6.31. The highest BCUT2D eigenvalue weighted by Gasteiger charge is 2.11. The Morgan fingerprint density at radius 2 is 1.63 bits per heavy atom. The Kier molecular flexibility index (Phi) is 9.71. The number of ether oxygens (including phenoxy) is 1. The van der Waals surface area contributed by atoms with Gasteiger partial charge in [0, 0.05) is 18.0 Å². The predicted octanol–water partition coefficient (Wildman–Crippen LogP) is 7.82. The molecule has 5 nitrogen and oxygen atoms in total. The number of para-hydroxylation sites is 2. The molecule has 1 N–H and O–H groups in total. The SMILES string of the molecule is Cc1cc(OCCn2c(CCCCCNC(=O)Cc3ccc(-c4ccccc4)cc3)nc3ccccc32)ccc1Cl. The molecular weight excluding hydrogens is 530 g/mol. The number of amides is 1. The maximum absolute atomic E-state index is 12.5. The molecule has 4 aromatic carbocycles. The van der Waals surface area contributed by atoms with Gasteiger partial charge in [-0.2, -0.15) is 0 Å². The van der Waals surface area contributed by atoms with Crippen molar-refractivity contribution >= 4 is 28.5 Å². The van der Waals surface area contributed by atoms with Crippen molar-refractivity contribution in [2.24, 2.45) is 0 Å². The molecule has 1 amide bonds. The van der Waals surface area contributed by atoms with Gasteiger partial charge < -0.3 is 14.6 Å². The number of unbranched alkanes of at least 4 members (excludes halogenated alkanes) is 2. The molecule has 0 atom stereocenters. The number of carbonyl (C=O) groups is 1. The topological polar surface area (TPSA) is 56.1 Å². The second-order valence-corrected chi connectivity index (χ2v) is 10.7. The molecule has 0 bridgehead atoms. The summed E-state index contributed by atoms with van der Waals surface area (Å²) in [6.45, 7) is 3.94. The Morgan fingerprint density at radius 1 is 0.878 bits per heavy atom. The zero-order chi connectivity index (χ0) is 28.4. The monoisotopic (exact) mass is 565 g/mol. The molecule has 0 spiro atoms. The number of carbonyl (C=O) groups excluding carboxylic acids is 1. The minimum absolute atomic E-state index is 0.0649. The summed E-state index contributed by atoms with van der Waals surface area (Å²) in [5, 5.41) is 3.82. The lowest BCUT2D eigenvalue weighted by Gasteiger charge is -2.12. The molecule has 5 aromatic rings. The van der Waals surface area contributed by atoms with Crippen molar-refractivity contribution in [3.63, 3.8) is 0 Å². The van der Waals surface area contributed by atoms with Gasteiger partial charge in [0.15, 0.2) is 0 Å². The third-order valence-electron chi connectivity index (χ3n) is 7.27. The molecule has 1 heterocycles. The van der Waals surface area contributed by atoms with Gasteiger partial charge in [0.05, 0.1) is 24.0 Å². The van der Waals surface area contributed by atoms with Crippen LogP contribution in [0.4, 0.5) is 0 Å². The van der Waals surface area contributed by atoms with Crippen molar-refractivity contribution in [2.75, 3.05) is 13.2 Å². The van der Waals surface area contributed by atoms with Crippen LogP contribution in [0.2, 0.25) is 5.02 Å². The Bertz CT molecular complexity index is 1580. The summed E-state index contributed by atoms with van der Waals surface area (Å²) < 4.78 is 8.29. The highest BCUT2D eigenvalue weighted by atomic mass is 35.5. The molecular formula is C35H36ClN3O2. The Labute approximate surface area is 247 Å². The lowest BCUT2D eigenvalue weighted by molar-refractivity contribution is -0.120. The van der Waals surface area contributed by atoms with Crippen LogP contribution < -0.4 is 10.1 Å². The number of hydrogen-bond donors (Lipinski definition) is 1. The van der Waals surface area contributed by atoms with E-state index in [0.29, 0.717) is 19.6 Å². The van der Waals surface area contributed by atoms with Gasteiger partial charge in [0.2, 0.25) is 5.91 Å². The van der Waals surface area contributed by atoms with Crippen LogP contribution in [-0.4, -0.2) is 28.6 Å². The van der Waals surface area contributed by atoms with Crippen LogP contribution in [0.15, 0.2) is 97.1 Å². The van der Waals surface area contributed by atoms with Gasteiger partial charge in [-0.15, -0.1) is 0 Å². The number of hydrogen-bond acceptors (Lipinski definition) is 3. The number of benzene rings is 4. The van der Waals surface area contributed by atoms with Crippen molar-refractivity contribution in [1.29, 1.82) is 0 Å². The van der Waals surface area contributed by atoms with E-state index in [0.717, 1.165) is 76.5 Å². The first-order valence-corrected chi connectivity index (χ1v) is 14.7. The summed E-state index contributed by atoms with van der Waals surface area (Å²) in [5.74, 6) is 1.96. The van der Waals surface area contributed by atoms with E-state index in [9.17, 15) is 4.79 Å². The lowest BCUT2D eigenvalue weighted by Crippen LogP contribution is -2.26. The van der Waals surface area contributed by atoms with E-state index in [1.807, 2.05) is 67.6 Å². The molecule has 0 aliphatic carbocycles. The average molecular weight is 566 g/mol. The van der Waals surface area contributed by atoms with Crippen molar-refractivity contribution < 1.29 is 9.53 Å². The quantitative estimate of drug-likeness (QED) is 0.148. The second-order valence-electron chi connectivity index (χ2n) is 10.3. The maximum Gasteiger partial charge on any atom is 0.224 e. The van der Waals surface area contributed by atoms with Crippen molar-refractivity contribution in [2.45, 2.75) is 45.6 Å². The van der Waals surface area contributed by atoms with Crippen molar-refractivity contribution in [1.82, 2.24) is 14.9 Å². The van der Waals surface area contributed by atoms with E-state index in [-0.39, 0.29) is 5.91 Å². The molecule has 0 aliphatic rings. The van der Waals surface area contributed by atoms with Gasteiger partial charge in [0.25, 0.3) is 0 Å². The third-order valence-corrected chi connectivity index (χ3v) is 7.70. The minimum atomic E-state index is 0.0649. The summed E-state index contributed by atoms with van der Waals surface area (Å²) >= 11 is 6.14. The number of imidazole rings is 1. The number of nitrogens with one attached hydrogen (secondary N) is 1. The van der Waals surface area contributed by atoms with Gasteiger partial charge in [-0.3, -0.25) is 4.79 Å². The zero-order valence-corrected chi connectivity index (χ0v) is 24.2. The van der Waals surface area contributed by atoms with Crippen LogP contribution in [0, 0.1) is 6.92 Å². The predicted molar refractivity (Wildman–Crippen MR) is 168 cm³/mol. The normalized spacial score (nSPS) is 11.1. The van der Waals surface area contributed by atoms with E-state index in [1.165, 1.54) is 5.56 Å². The van der Waals surface area contributed by atoms with Crippen LogP contribution in [0.3, 0.4) is 0 Å². The Morgan fingerprint density at radius 3 is 2.44 bits per heavy atom. The molecule has 0 radical (unpaired) electrons. The van der Waals surface area contributed by atoms with Gasteiger partial charge in [-0.1, -0.05) is 84.8 Å². The molecule has 0 aliphatic heterocycles. The molecule has 1 aromatic heterocycles. The summed E-state index contributed by atoms with van der Waals surface area (Å²) in [4.78, 5) is 17.4. The van der Waals surface area contributed by atoms with Gasteiger partial charge >= 0.3 is 0 Å². The molecule has 0 saturated carbocycles. The van der Waals surface area contributed by atoms with Crippen LogP contribution in [0.5, 0.6) is 5.75 Å². The Hall–Kier alpha value is -4.09. The van der Waals surface area contributed by atoms with E-state index < -0.39 is 0 Å². The molecule has 0 saturated heterocycles. The van der Waals surface area contributed by atoms with Crippen LogP contribution >= 0.6 is 11.6 Å². The maximum atomic E-state index is 12.5. The first-order valence-electron chi connectivity index (χ1n) is 14.3. The molecule has 0 fully saturated rings. The summed E-state index contributed by atoms with van der Waals surface area (Å²) in [6, 6.07) is 32.5. The van der Waals surface area contributed by atoms with E-state index in [1.54, 1.807) is 0 Å². The second kappa shape index (κ2) is 14.0. The fraction of sp³-hybridized carbons (Fsp3) is 0.257. The number of aryl methyl sites for hydroxylation is 2. The lowest BCUT2D eigenvalue weighted by atomic mass is 10.0. The highest BCUT2D eigenvalue weighted by Crippen LogP contribution is 2.22. The van der Waals surface area contributed by atoms with Crippen molar-refractivity contribution in [3.8, 4) is 16.9 Å². The largest absolute Gasteiger partial charge is 0.492 e. The summed E-state index contributed by atoms with van der Waals surface area (Å²) in [6.07, 6.45) is 4.26. The van der Waals surface area contributed by atoms with Crippen LogP contribution in [0.25, 0.3) is 22.2 Å². The number of halogens is 1. The third kappa shape index (κ3) is 7.77. The van der Waals surface area contributed by atoms with E-state index >= 15 is 0 Å². The minimum Gasteiger partial charge on any atom is -0.492 e. The molecule has 41 heavy (non-hydrogen) atoms. The number of rotatable bonds is 13. The first kappa shape index (κ1) is 28.4. The molecule has 6 heteroatoms. The molecule has 210 valence electrons. The molecule has 5 rings (SSSR count). The summed E-state index contributed by atoms with van der Waals surface area (Å²) in [7, 11) is 0. The van der Waals surface area contributed by atoms with E-state index in [2.05, 4.69) is 46.3 Å². The van der Waals surface area contributed by atoms with Gasteiger partial charge in [0.1, 0.15) is 18.2 Å². The smallest absolute Gasteiger partial charge is 0.224 e. The van der Waals surface area contributed by atoms with Gasteiger partial charge in [-0.05, 0) is 72.4 Å². The number of nitrogens with zero attached hydrogens (tertiary/aromatic N) is 2. The van der Waals surface area contributed by atoms with Crippen molar-refractivity contribution in [3.05, 3.63) is 119 Å². The number of fused-ring (bicyclic) bond motifs is 1. The standard InChI is InChI=1S/C35H36ClN3O2/c1-26-24-30(19-20-31(26)36)41-23-22-39-33-13-8-7-12-32(33)38-34(39)14-6-3-9-21-37-35(40)25-27-15-17-29(18-16-27)28-10-4-2-5-11-28/h2,4-5,7-8,10-13,15-20,24H,3,6,9,14,21-23,25H2,1H3,(H,37,40). The Balaban J connectivity index is 1.05. The van der Waals surface area contributed by atoms with E-state index in [4.69, 9.17) is 21.3 Å². The fourth-order valence-corrected chi connectivity index (χ4v) is 5.15. The summed E-state index contributed by atoms with van der Waals surface area (Å²) in [5.41, 5.74) is 6.51. The number of aromatic nitrogens is 2. The fourth-order valence-electron chi connectivity index (χ4n) is 5.03. The van der Waals surface area contributed by atoms with Crippen LogP contribution in [0.1, 0.15) is 36.2 Å². The average Bonchev–Trinajstić information content (AvgIpc) is 3.35. The first-order chi connectivity index (χ1) is 20.1. The zero-order valence-electron chi connectivity index (χ0n) is 23.5. The molecule has 0 unspecified atom stereocenters. The van der Waals surface area contributed by atoms with Crippen LogP contribution in [-0.2, 0) is 24.2 Å². The van der Waals surface area contributed by atoms with Gasteiger partial charge in [-0.25, -0.2) is 4.98 Å².